The number of carbonyl (C=O) groups excluding carboxylic acids is 1. The number of hydrogen-bond acceptors (Lipinski definition) is 7. The third kappa shape index (κ3) is 5.09. The number of methoxy groups -OCH3 is 1. The lowest BCUT2D eigenvalue weighted by atomic mass is 10.0. The number of carbonyl (C=O) groups is 1. The number of nitrogens with zero attached hydrogens (tertiary/aromatic N) is 3. The number of ether oxygens (including phenoxy) is 1. The average molecular weight is 379 g/mol. The standard InChI is InChI=1S/C17H22N4O2S2/c1-12-5-4-8-21(10-12)15(22)11-24-17-20-19-16(25-17)18-13-6-3-7-14(9-13)23-2/h3,6-7,9,12H,4-5,8,10-11H2,1-2H3,(H,18,19)/t12-/m0/s1. The van der Waals surface area contributed by atoms with E-state index in [9.17, 15) is 4.79 Å². The van der Waals surface area contributed by atoms with Crippen LogP contribution in [0, 0.1) is 5.92 Å². The molecule has 1 aromatic carbocycles. The molecule has 0 spiro atoms. The van der Waals surface area contributed by atoms with Gasteiger partial charge in [-0.1, -0.05) is 36.1 Å². The minimum Gasteiger partial charge on any atom is -0.497 e. The van der Waals surface area contributed by atoms with Crippen molar-refractivity contribution < 1.29 is 9.53 Å². The molecule has 134 valence electrons. The fourth-order valence-electron chi connectivity index (χ4n) is 2.77. The normalized spacial score (nSPS) is 17.4. The maximum atomic E-state index is 12.3. The quantitative estimate of drug-likeness (QED) is 0.774. The Balaban J connectivity index is 1.52. The monoisotopic (exact) mass is 378 g/mol. The molecule has 1 N–H and O–H groups in total. The molecular weight excluding hydrogens is 356 g/mol. The van der Waals surface area contributed by atoms with Crippen LogP contribution in [-0.2, 0) is 4.79 Å². The van der Waals surface area contributed by atoms with E-state index in [4.69, 9.17) is 4.74 Å². The maximum absolute atomic E-state index is 12.3. The SMILES string of the molecule is COc1cccc(Nc2nnc(SCC(=O)N3CCC[C@H](C)C3)s2)c1. The summed E-state index contributed by atoms with van der Waals surface area (Å²) in [6, 6.07) is 7.64. The Morgan fingerprint density at radius 2 is 2.36 bits per heavy atom. The maximum Gasteiger partial charge on any atom is 0.233 e. The fraction of sp³-hybridized carbons (Fsp3) is 0.471. The first-order valence-corrected chi connectivity index (χ1v) is 10.1. The van der Waals surface area contributed by atoms with Crippen LogP contribution in [0.15, 0.2) is 28.6 Å². The zero-order valence-corrected chi connectivity index (χ0v) is 16.0. The number of piperidine rings is 1. The minimum atomic E-state index is 0.189. The molecule has 1 saturated heterocycles. The zero-order valence-electron chi connectivity index (χ0n) is 14.4. The molecule has 6 nitrogen and oxygen atoms in total. The summed E-state index contributed by atoms with van der Waals surface area (Å²) in [6.45, 7) is 3.95. The molecule has 2 heterocycles. The first kappa shape index (κ1) is 18.0. The van der Waals surface area contributed by atoms with E-state index in [1.54, 1.807) is 7.11 Å². The van der Waals surface area contributed by atoms with Gasteiger partial charge >= 0.3 is 0 Å². The average Bonchev–Trinajstić information content (AvgIpc) is 3.07. The van der Waals surface area contributed by atoms with Gasteiger partial charge in [-0.05, 0) is 30.9 Å². The lowest BCUT2D eigenvalue weighted by molar-refractivity contribution is -0.130. The van der Waals surface area contributed by atoms with Crippen LogP contribution in [0.25, 0.3) is 0 Å². The van der Waals surface area contributed by atoms with Gasteiger partial charge < -0.3 is 15.0 Å². The van der Waals surface area contributed by atoms with Gasteiger partial charge in [0.2, 0.25) is 11.0 Å². The fourth-order valence-corrected chi connectivity index (χ4v) is 4.45. The Kier molecular flexibility index (Phi) is 6.14. The smallest absolute Gasteiger partial charge is 0.233 e. The molecular formula is C17H22N4O2S2. The highest BCUT2D eigenvalue weighted by molar-refractivity contribution is 8.01. The van der Waals surface area contributed by atoms with E-state index in [1.165, 1.54) is 29.5 Å². The van der Waals surface area contributed by atoms with Gasteiger partial charge in [0.15, 0.2) is 4.34 Å². The van der Waals surface area contributed by atoms with Crippen LogP contribution in [0.3, 0.4) is 0 Å². The molecule has 1 aromatic heterocycles. The van der Waals surface area contributed by atoms with Gasteiger partial charge in [0.05, 0.1) is 12.9 Å². The molecule has 0 unspecified atom stereocenters. The summed E-state index contributed by atoms with van der Waals surface area (Å²) in [6.07, 6.45) is 2.32. The van der Waals surface area contributed by atoms with E-state index in [1.807, 2.05) is 29.2 Å². The van der Waals surface area contributed by atoms with Crippen LogP contribution in [0.1, 0.15) is 19.8 Å². The number of aromatic nitrogens is 2. The molecule has 1 aliphatic rings. The van der Waals surface area contributed by atoms with Crippen molar-refractivity contribution in [3.05, 3.63) is 24.3 Å². The van der Waals surface area contributed by atoms with Crippen molar-refractivity contribution >= 4 is 39.8 Å². The first-order valence-electron chi connectivity index (χ1n) is 8.29. The molecule has 3 rings (SSSR count). The lowest BCUT2D eigenvalue weighted by Gasteiger charge is -2.30. The Morgan fingerprint density at radius 1 is 1.48 bits per heavy atom. The predicted octanol–water partition coefficient (Wildman–Crippen LogP) is 3.64. The van der Waals surface area contributed by atoms with E-state index < -0.39 is 0 Å². The van der Waals surface area contributed by atoms with Crippen molar-refractivity contribution in [3.63, 3.8) is 0 Å². The molecule has 0 aliphatic carbocycles. The zero-order chi connectivity index (χ0) is 17.6. The third-order valence-corrected chi connectivity index (χ3v) is 6.01. The van der Waals surface area contributed by atoms with E-state index in [0.717, 1.165) is 35.3 Å². The summed E-state index contributed by atoms with van der Waals surface area (Å²) >= 11 is 2.90. The Hall–Kier alpha value is -1.80. The number of anilines is 2. The Bertz CT molecular complexity index is 722. The van der Waals surface area contributed by atoms with E-state index in [-0.39, 0.29) is 5.91 Å². The van der Waals surface area contributed by atoms with Crippen LogP contribution in [0.2, 0.25) is 0 Å². The molecule has 2 aromatic rings. The van der Waals surface area contributed by atoms with Crippen molar-refractivity contribution in [2.24, 2.45) is 5.92 Å². The number of nitrogens with one attached hydrogen (secondary N) is 1. The topological polar surface area (TPSA) is 67.3 Å². The van der Waals surface area contributed by atoms with Crippen LogP contribution < -0.4 is 10.1 Å². The third-order valence-electron chi connectivity index (χ3n) is 4.06. The van der Waals surface area contributed by atoms with Gasteiger partial charge in [-0.3, -0.25) is 4.79 Å². The summed E-state index contributed by atoms with van der Waals surface area (Å²) < 4.78 is 6.00. The van der Waals surface area contributed by atoms with Gasteiger partial charge in [0.1, 0.15) is 5.75 Å². The lowest BCUT2D eigenvalue weighted by Crippen LogP contribution is -2.40. The molecule has 0 saturated carbocycles. The second-order valence-electron chi connectivity index (χ2n) is 6.11. The van der Waals surface area contributed by atoms with E-state index in [0.29, 0.717) is 16.8 Å². The van der Waals surface area contributed by atoms with Crippen molar-refractivity contribution in [1.29, 1.82) is 0 Å². The molecule has 0 bridgehead atoms. The van der Waals surface area contributed by atoms with Gasteiger partial charge in [0, 0.05) is 24.8 Å². The number of hydrogen-bond donors (Lipinski definition) is 1. The Morgan fingerprint density at radius 3 is 3.16 bits per heavy atom. The second-order valence-corrected chi connectivity index (χ2v) is 8.31. The van der Waals surface area contributed by atoms with Crippen LogP contribution in [0.4, 0.5) is 10.8 Å². The van der Waals surface area contributed by atoms with Gasteiger partial charge in [-0.2, -0.15) is 0 Å². The highest BCUT2D eigenvalue weighted by Crippen LogP contribution is 2.29. The summed E-state index contributed by atoms with van der Waals surface area (Å²) in [5.74, 6) is 1.99. The molecule has 1 aliphatic heterocycles. The van der Waals surface area contributed by atoms with E-state index >= 15 is 0 Å². The van der Waals surface area contributed by atoms with Crippen molar-refractivity contribution in [2.45, 2.75) is 24.1 Å². The van der Waals surface area contributed by atoms with Crippen LogP contribution >= 0.6 is 23.1 Å². The first-order chi connectivity index (χ1) is 12.1. The number of likely N-dealkylation sites (tertiary alicyclic amines) is 1. The Labute approximate surface area is 156 Å². The molecule has 1 fully saturated rings. The summed E-state index contributed by atoms with van der Waals surface area (Å²) in [5.41, 5.74) is 0.894. The molecule has 25 heavy (non-hydrogen) atoms. The highest BCUT2D eigenvalue weighted by atomic mass is 32.2. The summed E-state index contributed by atoms with van der Waals surface area (Å²) in [7, 11) is 1.64. The largest absolute Gasteiger partial charge is 0.497 e. The molecule has 1 atom stereocenters. The minimum absolute atomic E-state index is 0.189. The van der Waals surface area contributed by atoms with Crippen molar-refractivity contribution in [3.8, 4) is 5.75 Å². The molecule has 0 radical (unpaired) electrons. The number of amides is 1. The van der Waals surface area contributed by atoms with Crippen LogP contribution in [0.5, 0.6) is 5.75 Å². The summed E-state index contributed by atoms with van der Waals surface area (Å²) in [4.78, 5) is 14.3. The number of rotatable bonds is 6. The van der Waals surface area contributed by atoms with Gasteiger partial charge in [0.25, 0.3) is 0 Å². The van der Waals surface area contributed by atoms with E-state index in [2.05, 4.69) is 22.4 Å². The molecule has 8 heteroatoms. The van der Waals surface area contributed by atoms with Crippen molar-refractivity contribution in [2.75, 3.05) is 31.3 Å². The second kappa shape index (κ2) is 8.53. The van der Waals surface area contributed by atoms with Crippen LogP contribution in [-0.4, -0.2) is 47.0 Å². The highest BCUT2D eigenvalue weighted by Gasteiger charge is 2.21. The number of benzene rings is 1. The van der Waals surface area contributed by atoms with Crippen molar-refractivity contribution in [1.82, 2.24) is 15.1 Å². The number of thioether (sulfide) groups is 1. The summed E-state index contributed by atoms with van der Waals surface area (Å²) in [5, 5.41) is 12.2. The predicted molar refractivity (Wildman–Crippen MR) is 102 cm³/mol. The molecule has 1 amide bonds. The van der Waals surface area contributed by atoms with Gasteiger partial charge in [-0.25, -0.2) is 0 Å². The van der Waals surface area contributed by atoms with Gasteiger partial charge in [-0.15, -0.1) is 10.2 Å².